The van der Waals surface area contributed by atoms with Gasteiger partial charge in [0.1, 0.15) is 6.04 Å². The normalized spacial score (nSPS) is 11.9. The van der Waals surface area contributed by atoms with Crippen LogP contribution in [0.3, 0.4) is 0 Å². The minimum absolute atomic E-state index is 0.0200. The van der Waals surface area contributed by atoms with E-state index < -0.39 is 12.0 Å². The Morgan fingerprint density at radius 3 is 2.70 bits per heavy atom. The van der Waals surface area contributed by atoms with Crippen LogP contribution in [-0.2, 0) is 4.79 Å². The standard InChI is InChI=1S/C14H21NO5/c1-3-20-12-9-10(5-6-11(12)19-2)13(14(17)18)15-7-4-8-16/h5-6,9,13,15-16H,3-4,7-8H2,1-2H3,(H,17,18). The lowest BCUT2D eigenvalue weighted by Crippen LogP contribution is -2.29. The molecule has 20 heavy (non-hydrogen) atoms. The fourth-order valence-electron chi connectivity index (χ4n) is 1.81. The number of methoxy groups -OCH3 is 1. The van der Waals surface area contributed by atoms with E-state index in [0.29, 0.717) is 36.6 Å². The molecule has 0 radical (unpaired) electrons. The molecule has 3 N–H and O–H groups in total. The Balaban J connectivity index is 2.95. The van der Waals surface area contributed by atoms with Gasteiger partial charge in [-0.2, -0.15) is 0 Å². The molecule has 1 rings (SSSR count). The predicted octanol–water partition coefficient (Wildman–Crippen LogP) is 1.19. The van der Waals surface area contributed by atoms with Crippen molar-refractivity contribution >= 4 is 5.97 Å². The molecule has 0 bridgehead atoms. The fourth-order valence-corrected chi connectivity index (χ4v) is 1.81. The van der Waals surface area contributed by atoms with Crippen molar-refractivity contribution in [3.63, 3.8) is 0 Å². The lowest BCUT2D eigenvalue weighted by atomic mass is 10.1. The second-order valence-electron chi connectivity index (χ2n) is 4.15. The first-order valence-corrected chi connectivity index (χ1v) is 6.51. The summed E-state index contributed by atoms with van der Waals surface area (Å²) in [5.74, 6) is 0.105. The van der Waals surface area contributed by atoms with E-state index in [2.05, 4.69) is 5.32 Å². The Labute approximate surface area is 118 Å². The summed E-state index contributed by atoms with van der Waals surface area (Å²) in [6.45, 7) is 2.76. The molecule has 0 aliphatic heterocycles. The number of hydrogen-bond acceptors (Lipinski definition) is 5. The lowest BCUT2D eigenvalue weighted by Gasteiger charge is -2.17. The highest BCUT2D eigenvalue weighted by atomic mass is 16.5. The zero-order chi connectivity index (χ0) is 15.0. The van der Waals surface area contributed by atoms with Gasteiger partial charge >= 0.3 is 5.97 Å². The van der Waals surface area contributed by atoms with Crippen LogP contribution in [0.25, 0.3) is 0 Å². The number of carboxylic acids is 1. The molecule has 112 valence electrons. The molecule has 1 aromatic rings. The first-order chi connectivity index (χ1) is 9.63. The third kappa shape index (κ3) is 4.40. The van der Waals surface area contributed by atoms with E-state index in [-0.39, 0.29) is 6.61 Å². The van der Waals surface area contributed by atoms with E-state index in [1.807, 2.05) is 6.92 Å². The molecule has 0 aliphatic rings. The number of rotatable bonds is 9. The van der Waals surface area contributed by atoms with Crippen LogP contribution in [0.15, 0.2) is 18.2 Å². The highest BCUT2D eigenvalue weighted by Crippen LogP contribution is 2.30. The van der Waals surface area contributed by atoms with E-state index in [1.54, 1.807) is 18.2 Å². The Morgan fingerprint density at radius 2 is 2.15 bits per heavy atom. The number of aliphatic hydroxyl groups is 1. The van der Waals surface area contributed by atoms with Gasteiger partial charge in [-0.25, -0.2) is 0 Å². The van der Waals surface area contributed by atoms with Crippen LogP contribution in [-0.4, -0.2) is 43.1 Å². The van der Waals surface area contributed by atoms with Gasteiger partial charge in [0.25, 0.3) is 0 Å². The SMILES string of the molecule is CCOc1cc(C(NCCCO)C(=O)O)ccc1OC. The van der Waals surface area contributed by atoms with Gasteiger partial charge in [-0.1, -0.05) is 6.07 Å². The lowest BCUT2D eigenvalue weighted by molar-refractivity contribution is -0.139. The quantitative estimate of drug-likeness (QED) is 0.590. The van der Waals surface area contributed by atoms with Crippen LogP contribution < -0.4 is 14.8 Å². The van der Waals surface area contributed by atoms with E-state index >= 15 is 0 Å². The molecular formula is C14H21NO5. The van der Waals surface area contributed by atoms with Gasteiger partial charge in [-0.05, 0) is 37.6 Å². The van der Waals surface area contributed by atoms with E-state index in [0.717, 1.165) is 0 Å². The van der Waals surface area contributed by atoms with Crippen LogP contribution in [0, 0.1) is 0 Å². The van der Waals surface area contributed by atoms with Crippen LogP contribution in [0.5, 0.6) is 11.5 Å². The number of aliphatic carboxylic acids is 1. The van der Waals surface area contributed by atoms with Crippen molar-refractivity contribution in [1.29, 1.82) is 0 Å². The first-order valence-electron chi connectivity index (χ1n) is 6.51. The highest BCUT2D eigenvalue weighted by molar-refractivity contribution is 5.76. The van der Waals surface area contributed by atoms with Crippen LogP contribution in [0.2, 0.25) is 0 Å². The number of ether oxygens (including phenoxy) is 2. The number of benzene rings is 1. The Bertz CT molecular complexity index is 436. The molecule has 1 aromatic carbocycles. The molecule has 0 heterocycles. The Morgan fingerprint density at radius 1 is 1.40 bits per heavy atom. The molecule has 0 saturated heterocycles. The van der Waals surface area contributed by atoms with E-state index in [9.17, 15) is 9.90 Å². The number of carboxylic acid groups (broad SMARTS) is 1. The molecule has 0 aromatic heterocycles. The maximum atomic E-state index is 11.3. The van der Waals surface area contributed by atoms with Crippen molar-refractivity contribution < 1.29 is 24.5 Å². The summed E-state index contributed by atoms with van der Waals surface area (Å²) < 4.78 is 10.6. The molecule has 0 aliphatic carbocycles. The largest absolute Gasteiger partial charge is 0.493 e. The zero-order valence-corrected chi connectivity index (χ0v) is 11.8. The zero-order valence-electron chi connectivity index (χ0n) is 11.8. The minimum Gasteiger partial charge on any atom is -0.493 e. The van der Waals surface area contributed by atoms with E-state index in [4.69, 9.17) is 14.6 Å². The van der Waals surface area contributed by atoms with Crippen molar-refractivity contribution in [2.45, 2.75) is 19.4 Å². The third-order valence-corrected chi connectivity index (χ3v) is 2.75. The summed E-state index contributed by atoms with van der Waals surface area (Å²) in [7, 11) is 1.53. The molecule has 6 nitrogen and oxygen atoms in total. The van der Waals surface area contributed by atoms with Gasteiger partial charge in [-0.15, -0.1) is 0 Å². The summed E-state index contributed by atoms with van der Waals surface area (Å²) in [6, 6.07) is 4.19. The molecule has 0 fully saturated rings. The number of carbonyl (C=O) groups is 1. The molecule has 0 saturated carbocycles. The summed E-state index contributed by atoms with van der Waals surface area (Å²) in [5, 5.41) is 20.9. The molecule has 0 spiro atoms. The molecular weight excluding hydrogens is 262 g/mol. The third-order valence-electron chi connectivity index (χ3n) is 2.75. The van der Waals surface area contributed by atoms with Gasteiger partial charge in [0.15, 0.2) is 11.5 Å². The fraction of sp³-hybridized carbons (Fsp3) is 0.500. The van der Waals surface area contributed by atoms with Crippen molar-refractivity contribution in [2.24, 2.45) is 0 Å². The molecule has 1 unspecified atom stereocenters. The maximum Gasteiger partial charge on any atom is 0.325 e. The maximum absolute atomic E-state index is 11.3. The topological polar surface area (TPSA) is 88.0 Å². The average molecular weight is 283 g/mol. The van der Waals surface area contributed by atoms with Gasteiger partial charge in [0.2, 0.25) is 0 Å². The summed E-state index contributed by atoms with van der Waals surface area (Å²) >= 11 is 0. The predicted molar refractivity (Wildman–Crippen MR) is 74.2 cm³/mol. The number of hydrogen-bond donors (Lipinski definition) is 3. The van der Waals surface area contributed by atoms with Crippen LogP contribution in [0.4, 0.5) is 0 Å². The summed E-state index contributed by atoms with van der Waals surface area (Å²) in [5.41, 5.74) is 0.583. The molecule has 1 atom stereocenters. The highest BCUT2D eigenvalue weighted by Gasteiger charge is 2.20. The van der Waals surface area contributed by atoms with Crippen molar-refractivity contribution in [2.75, 3.05) is 26.9 Å². The van der Waals surface area contributed by atoms with Crippen molar-refractivity contribution in [3.05, 3.63) is 23.8 Å². The van der Waals surface area contributed by atoms with Crippen LogP contribution >= 0.6 is 0 Å². The van der Waals surface area contributed by atoms with Gasteiger partial charge in [0, 0.05) is 6.61 Å². The summed E-state index contributed by atoms with van der Waals surface area (Å²) in [4.78, 5) is 11.3. The van der Waals surface area contributed by atoms with Gasteiger partial charge in [-0.3, -0.25) is 4.79 Å². The summed E-state index contributed by atoms with van der Waals surface area (Å²) in [6.07, 6.45) is 0.498. The van der Waals surface area contributed by atoms with Crippen molar-refractivity contribution in [1.82, 2.24) is 5.32 Å². The number of nitrogens with one attached hydrogen (secondary N) is 1. The smallest absolute Gasteiger partial charge is 0.325 e. The second-order valence-corrected chi connectivity index (χ2v) is 4.15. The monoisotopic (exact) mass is 283 g/mol. The second kappa shape index (κ2) is 8.39. The average Bonchev–Trinajstić information content (AvgIpc) is 2.43. The Hall–Kier alpha value is -1.79. The van der Waals surface area contributed by atoms with Gasteiger partial charge in [0.05, 0.1) is 13.7 Å². The Kier molecular flexibility index (Phi) is 6.83. The van der Waals surface area contributed by atoms with E-state index in [1.165, 1.54) is 7.11 Å². The molecule has 0 amide bonds. The number of aliphatic hydroxyl groups excluding tert-OH is 1. The first kappa shape index (κ1) is 16.3. The minimum atomic E-state index is -0.976. The molecule has 6 heteroatoms. The van der Waals surface area contributed by atoms with Crippen molar-refractivity contribution in [3.8, 4) is 11.5 Å². The van der Waals surface area contributed by atoms with Crippen LogP contribution in [0.1, 0.15) is 24.9 Å². The van der Waals surface area contributed by atoms with Gasteiger partial charge < -0.3 is 25.0 Å².